The van der Waals surface area contributed by atoms with Gasteiger partial charge in [-0.2, -0.15) is 4.31 Å². The molecule has 10 nitrogen and oxygen atoms in total. The summed E-state index contributed by atoms with van der Waals surface area (Å²) in [6.45, 7) is 2.94. The number of ether oxygens (including phenoxy) is 2. The summed E-state index contributed by atoms with van der Waals surface area (Å²) >= 11 is 6.00. The van der Waals surface area contributed by atoms with E-state index in [2.05, 4.69) is 5.32 Å². The molecule has 0 spiro atoms. The van der Waals surface area contributed by atoms with Crippen LogP contribution in [-0.2, 0) is 37.4 Å². The van der Waals surface area contributed by atoms with Gasteiger partial charge in [0.1, 0.15) is 17.6 Å². The molecule has 39 heavy (non-hydrogen) atoms. The van der Waals surface area contributed by atoms with E-state index in [1.165, 1.54) is 39.7 Å². The summed E-state index contributed by atoms with van der Waals surface area (Å²) in [5.74, 6) is 0.140. The number of halogens is 1. The van der Waals surface area contributed by atoms with E-state index < -0.39 is 22.0 Å². The minimum absolute atomic E-state index is 0.134. The molecule has 0 bridgehead atoms. The Kier molecular flexibility index (Phi) is 9.63. The van der Waals surface area contributed by atoms with Crippen molar-refractivity contribution in [1.82, 2.24) is 14.5 Å². The molecule has 12 heteroatoms. The number of carbonyl (C=O) groups is 2. The van der Waals surface area contributed by atoms with Crippen molar-refractivity contribution in [3.63, 3.8) is 0 Å². The number of carbonyl (C=O) groups excluding carboxylic acids is 2. The highest BCUT2D eigenvalue weighted by Crippen LogP contribution is 2.21. The summed E-state index contributed by atoms with van der Waals surface area (Å²) in [6.07, 6.45) is 1.52. The molecular weight excluding hydrogens is 546 g/mol. The van der Waals surface area contributed by atoms with Crippen molar-refractivity contribution in [2.24, 2.45) is 0 Å². The lowest BCUT2D eigenvalue weighted by atomic mass is 10.1. The normalized spacial score (nSPS) is 14.9. The molecule has 0 unspecified atom stereocenters. The molecule has 1 aliphatic heterocycles. The lowest BCUT2D eigenvalue weighted by Crippen LogP contribution is -2.48. The van der Waals surface area contributed by atoms with E-state index >= 15 is 0 Å². The second-order valence-electron chi connectivity index (χ2n) is 8.90. The molecule has 2 amide bonds. The fourth-order valence-corrected chi connectivity index (χ4v) is 5.51. The van der Waals surface area contributed by atoms with Gasteiger partial charge >= 0.3 is 0 Å². The van der Waals surface area contributed by atoms with E-state index in [1.54, 1.807) is 43.3 Å². The van der Waals surface area contributed by atoms with Crippen molar-refractivity contribution in [3.05, 3.63) is 83.3 Å². The van der Waals surface area contributed by atoms with E-state index in [-0.39, 0.29) is 30.5 Å². The molecule has 1 atom stereocenters. The van der Waals surface area contributed by atoms with Crippen molar-refractivity contribution in [2.45, 2.75) is 31.0 Å². The lowest BCUT2D eigenvalue weighted by Gasteiger charge is -2.28. The maximum absolute atomic E-state index is 13.3. The first-order valence-electron chi connectivity index (χ1n) is 12.4. The Bertz CT molecular complexity index is 1340. The number of amides is 2. The van der Waals surface area contributed by atoms with Crippen LogP contribution >= 0.6 is 11.6 Å². The average molecular weight is 576 g/mol. The zero-order valence-electron chi connectivity index (χ0n) is 21.4. The fourth-order valence-electron chi connectivity index (χ4n) is 3.98. The monoisotopic (exact) mass is 575 g/mol. The zero-order chi connectivity index (χ0) is 27.8. The predicted molar refractivity (Wildman–Crippen MR) is 144 cm³/mol. The van der Waals surface area contributed by atoms with Crippen LogP contribution in [0.3, 0.4) is 0 Å². The maximum atomic E-state index is 13.3. The van der Waals surface area contributed by atoms with Crippen molar-refractivity contribution in [3.8, 4) is 5.75 Å². The number of hydrogen-bond acceptors (Lipinski definition) is 7. The van der Waals surface area contributed by atoms with Gasteiger partial charge in [0.25, 0.3) is 5.91 Å². The number of nitrogens with one attached hydrogen (secondary N) is 1. The second-order valence-corrected chi connectivity index (χ2v) is 11.3. The Morgan fingerprint density at radius 1 is 1.08 bits per heavy atom. The molecule has 1 aliphatic rings. The number of furan rings is 1. The summed E-state index contributed by atoms with van der Waals surface area (Å²) in [5.41, 5.74) is 0.788. The smallest absolute Gasteiger partial charge is 0.261 e. The fraction of sp³-hybridized carbons (Fsp3) is 0.333. The van der Waals surface area contributed by atoms with Gasteiger partial charge in [-0.15, -0.1) is 0 Å². The molecule has 208 valence electrons. The third kappa shape index (κ3) is 7.60. The Morgan fingerprint density at radius 2 is 1.77 bits per heavy atom. The molecule has 2 aromatic carbocycles. The van der Waals surface area contributed by atoms with Crippen LogP contribution < -0.4 is 10.1 Å². The van der Waals surface area contributed by atoms with Gasteiger partial charge in [0.05, 0.1) is 30.9 Å². The minimum Gasteiger partial charge on any atom is -0.484 e. The molecule has 0 aliphatic carbocycles. The highest BCUT2D eigenvalue weighted by Gasteiger charge is 2.28. The van der Waals surface area contributed by atoms with Crippen LogP contribution in [0.2, 0.25) is 5.02 Å². The third-order valence-electron chi connectivity index (χ3n) is 6.24. The quantitative estimate of drug-likeness (QED) is 0.373. The molecule has 0 saturated carbocycles. The first-order chi connectivity index (χ1) is 18.7. The molecule has 4 rings (SSSR count). The Balaban J connectivity index is 1.41. The Labute approximate surface area is 232 Å². The standard InChI is InChI=1S/C27H30ClN3O7S/c1-20(27(33)29-17-24-3-2-14-37-24)31(18-21-4-6-22(28)7-5-21)26(32)19-38-23-8-10-25(11-9-23)39(34,35)30-12-15-36-16-13-30/h2-11,14,20H,12-13,15-19H2,1H3,(H,29,33)/t20-/m1/s1. The van der Waals surface area contributed by atoms with Crippen LogP contribution in [0.15, 0.2) is 76.2 Å². The molecule has 3 aromatic rings. The first-order valence-corrected chi connectivity index (χ1v) is 14.2. The van der Waals surface area contributed by atoms with E-state index in [9.17, 15) is 18.0 Å². The molecule has 0 radical (unpaired) electrons. The Morgan fingerprint density at radius 3 is 2.41 bits per heavy atom. The van der Waals surface area contributed by atoms with Crippen LogP contribution in [0.4, 0.5) is 0 Å². The summed E-state index contributed by atoms with van der Waals surface area (Å²) in [6, 6.07) is 15.5. The molecule has 1 N–H and O–H groups in total. The van der Waals surface area contributed by atoms with Gasteiger partial charge < -0.3 is 24.1 Å². The SMILES string of the molecule is C[C@H](C(=O)NCc1ccco1)N(Cc1ccc(Cl)cc1)C(=O)COc1ccc(S(=O)(=O)N2CCOCC2)cc1. The first kappa shape index (κ1) is 28.6. The van der Waals surface area contributed by atoms with Crippen molar-refractivity contribution < 1.29 is 31.9 Å². The third-order valence-corrected chi connectivity index (χ3v) is 8.41. The van der Waals surface area contributed by atoms with E-state index in [4.69, 9.17) is 25.5 Å². The van der Waals surface area contributed by atoms with Crippen LogP contribution in [0, 0.1) is 0 Å². The largest absolute Gasteiger partial charge is 0.484 e. The maximum Gasteiger partial charge on any atom is 0.261 e. The molecule has 1 fully saturated rings. The molecule has 1 saturated heterocycles. The topological polar surface area (TPSA) is 118 Å². The van der Waals surface area contributed by atoms with Gasteiger partial charge in [0.15, 0.2) is 6.61 Å². The van der Waals surface area contributed by atoms with Crippen LogP contribution in [0.5, 0.6) is 5.75 Å². The van der Waals surface area contributed by atoms with Crippen LogP contribution in [-0.4, -0.2) is 68.4 Å². The molecular formula is C27H30ClN3O7S. The lowest BCUT2D eigenvalue weighted by molar-refractivity contribution is -0.142. The van der Waals surface area contributed by atoms with Crippen LogP contribution in [0.1, 0.15) is 18.2 Å². The summed E-state index contributed by atoms with van der Waals surface area (Å²) < 4.78 is 43.2. The van der Waals surface area contributed by atoms with Gasteiger partial charge in [-0.25, -0.2) is 8.42 Å². The number of sulfonamides is 1. The molecule has 2 heterocycles. The predicted octanol–water partition coefficient (Wildman–Crippen LogP) is 3.07. The van der Waals surface area contributed by atoms with Crippen molar-refractivity contribution >= 4 is 33.4 Å². The minimum atomic E-state index is -3.64. The highest BCUT2D eigenvalue weighted by molar-refractivity contribution is 7.89. The zero-order valence-corrected chi connectivity index (χ0v) is 23.0. The van der Waals surface area contributed by atoms with E-state index in [1.807, 2.05) is 0 Å². The molecule has 1 aromatic heterocycles. The highest BCUT2D eigenvalue weighted by atomic mass is 35.5. The van der Waals surface area contributed by atoms with Gasteiger partial charge in [0, 0.05) is 24.7 Å². The number of nitrogens with zero attached hydrogens (tertiary/aromatic N) is 2. The van der Waals surface area contributed by atoms with Gasteiger partial charge in [-0.3, -0.25) is 9.59 Å². The average Bonchev–Trinajstić information content (AvgIpc) is 3.48. The van der Waals surface area contributed by atoms with Gasteiger partial charge in [-0.05, 0) is 61.0 Å². The number of hydrogen-bond donors (Lipinski definition) is 1. The Hall–Kier alpha value is -3.38. The summed E-state index contributed by atoms with van der Waals surface area (Å²) in [5, 5.41) is 3.34. The van der Waals surface area contributed by atoms with Gasteiger partial charge in [-0.1, -0.05) is 23.7 Å². The number of morpholine rings is 1. The summed E-state index contributed by atoms with van der Waals surface area (Å²) in [7, 11) is -3.64. The number of rotatable bonds is 11. The van der Waals surface area contributed by atoms with Crippen LogP contribution in [0.25, 0.3) is 0 Å². The van der Waals surface area contributed by atoms with E-state index in [0.29, 0.717) is 42.8 Å². The summed E-state index contributed by atoms with van der Waals surface area (Å²) in [4.78, 5) is 27.7. The van der Waals surface area contributed by atoms with Crippen molar-refractivity contribution in [1.29, 1.82) is 0 Å². The van der Waals surface area contributed by atoms with Gasteiger partial charge in [0.2, 0.25) is 15.9 Å². The number of benzene rings is 2. The van der Waals surface area contributed by atoms with Crippen molar-refractivity contribution in [2.75, 3.05) is 32.9 Å². The van der Waals surface area contributed by atoms with E-state index in [0.717, 1.165) is 5.56 Å². The second kappa shape index (κ2) is 13.1.